The van der Waals surface area contributed by atoms with Crippen molar-refractivity contribution in [2.45, 2.75) is 32.4 Å². The van der Waals surface area contributed by atoms with Gasteiger partial charge in [-0.05, 0) is 24.8 Å². The van der Waals surface area contributed by atoms with E-state index in [1.807, 2.05) is 0 Å². The van der Waals surface area contributed by atoms with Crippen molar-refractivity contribution >= 4 is 29.9 Å². The molecule has 0 aliphatic heterocycles. The molecule has 0 radical (unpaired) electrons. The van der Waals surface area contributed by atoms with Crippen molar-refractivity contribution in [1.82, 2.24) is 5.32 Å². The van der Waals surface area contributed by atoms with E-state index in [0.717, 1.165) is 6.54 Å². The zero-order valence-electron chi connectivity index (χ0n) is 11.6. The van der Waals surface area contributed by atoms with Crippen LogP contribution in [-0.2, 0) is 6.54 Å². The molecule has 0 atom stereocenters. The Labute approximate surface area is 140 Å². The summed E-state index contributed by atoms with van der Waals surface area (Å²) in [4.78, 5) is 4.15. The lowest BCUT2D eigenvalue weighted by atomic mass is 9.85. The number of hydrogen-bond acceptors (Lipinski definition) is 2. The van der Waals surface area contributed by atoms with E-state index in [9.17, 15) is 8.78 Å². The molecule has 1 saturated carbocycles. The van der Waals surface area contributed by atoms with Gasteiger partial charge in [-0.15, -0.1) is 24.0 Å². The minimum Gasteiger partial charge on any atom is -0.434 e. The predicted octanol–water partition coefficient (Wildman–Crippen LogP) is 3.11. The average molecular weight is 411 g/mol. The molecule has 1 fully saturated rings. The number of nitrogens with zero attached hydrogens (tertiary/aromatic N) is 1. The normalized spacial score (nSPS) is 15.3. The van der Waals surface area contributed by atoms with Crippen LogP contribution in [-0.4, -0.2) is 19.1 Å². The molecule has 0 amide bonds. The maximum atomic E-state index is 12.3. The second-order valence-corrected chi connectivity index (χ2v) is 4.87. The smallest absolute Gasteiger partial charge is 0.387 e. The van der Waals surface area contributed by atoms with Crippen LogP contribution in [0, 0.1) is 5.92 Å². The number of nitrogens with two attached hydrogens (primary N) is 1. The van der Waals surface area contributed by atoms with E-state index < -0.39 is 6.61 Å². The third-order valence-electron chi connectivity index (χ3n) is 3.41. The molecule has 4 nitrogen and oxygen atoms in total. The summed E-state index contributed by atoms with van der Waals surface area (Å²) in [6.07, 6.45) is 3.73. The summed E-state index contributed by atoms with van der Waals surface area (Å²) in [6, 6.07) is 6.58. The molecular weight excluding hydrogens is 391 g/mol. The first-order valence-corrected chi connectivity index (χ1v) is 6.71. The molecule has 2 rings (SSSR count). The molecule has 21 heavy (non-hydrogen) atoms. The van der Waals surface area contributed by atoms with Crippen molar-refractivity contribution in [1.29, 1.82) is 0 Å². The lowest BCUT2D eigenvalue weighted by Gasteiger charge is -2.25. The topological polar surface area (TPSA) is 59.6 Å². The standard InChI is InChI=1S/C14H19F2N3O.HI/c15-13(16)20-12-7-2-1-6-11(12)9-19-14(17)18-8-10-4-3-5-10;/h1-2,6-7,10,13H,3-5,8-9H2,(H3,17,18,19);1H. The van der Waals surface area contributed by atoms with Gasteiger partial charge in [-0.1, -0.05) is 24.6 Å². The molecule has 1 aliphatic rings. The van der Waals surface area contributed by atoms with Gasteiger partial charge >= 0.3 is 6.61 Å². The summed E-state index contributed by atoms with van der Waals surface area (Å²) in [5, 5.41) is 3.05. The molecule has 1 aromatic rings. The van der Waals surface area contributed by atoms with Gasteiger partial charge in [0.05, 0.1) is 6.54 Å². The molecule has 118 valence electrons. The van der Waals surface area contributed by atoms with Crippen LogP contribution < -0.4 is 15.8 Å². The van der Waals surface area contributed by atoms with Gasteiger partial charge in [0.15, 0.2) is 5.96 Å². The van der Waals surface area contributed by atoms with E-state index in [4.69, 9.17) is 5.73 Å². The number of guanidine groups is 1. The summed E-state index contributed by atoms with van der Waals surface area (Å²) in [5.74, 6) is 1.15. The molecule has 0 saturated heterocycles. The molecule has 3 N–H and O–H groups in total. The zero-order chi connectivity index (χ0) is 14.4. The van der Waals surface area contributed by atoms with Gasteiger partial charge < -0.3 is 15.8 Å². The summed E-state index contributed by atoms with van der Waals surface area (Å²) in [7, 11) is 0. The molecule has 7 heteroatoms. The first kappa shape index (κ1) is 17.9. The van der Waals surface area contributed by atoms with Gasteiger partial charge in [-0.2, -0.15) is 8.78 Å². The second-order valence-electron chi connectivity index (χ2n) is 4.87. The predicted molar refractivity (Wildman–Crippen MR) is 89.2 cm³/mol. The number of rotatable bonds is 6. The van der Waals surface area contributed by atoms with Crippen LogP contribution in [0.15, 0.2) is 29.3 Å². The van der Waals surface area contributed by atoms with Gasteiger partial charge in [0, 0.05) is 12.1 Å². The number of nitrogens with one attached hydrogen (secondary N) is 1. The van der Waals surface area contributed by atoms with Crippen LogP contribution in [0.2, 0.25) is 0 Å². The van der Waals surface area contributed by atoms with Crippen LogP contribution in [0.3, 0.4) is 0 Å². The highest BCUT2D eigenvalue weighted by Crippen LogP contribution is 2.25. The highest BCUT2D eigenvalue weighted by molar-refractivity contribution is 14.0. The van der Waals surface area contributed by atoms with Crippen LogP contribution in [0.5, 0.6) is 5.75 Å². The number of aliphatic imine (C=N–C) groups is 1. The Bertz CT molecular complexity index is 467. The van der Waals surface area contributed by atoms with Crippen molar-refractivity contribution in [3.05, 3.63) is 29.8 Å². The van der Waals surface area contributed by atoms with Gasteiger partial charge in [0.25, 0.3) is 0 Å². The number of benzene rings is 1. The van der Waals surface area contributed by atoms with E-state index in [1.165, 1.54) is 25.3 Å². The van der Waals surface area contributed by atoms with Gasteiger partial charge in [0.1, 0.15) is 5.75 Å². The molecule has 0 aromatic heterocycles. The van der Waals surface area contributed by atoms with Crippen molar-refractivity contribution < 1.29 is 13.5 Å². The Kier molecular flexibility index (Phi) is 7.69. The lowest BCUT2D eigenvalue weighted by molar-refractivity contribution is -0.0504. The maximum Gasteiger partial charge on any atom is 0.387 e. The molecule has 0 spiro atoms. The summed E-state index contributed by atoms with van der Waals surface area (Å²) >= 11 is 0. The monoisotopic (exact) mass is 411 g/mol. The van der Waals surface area contributed by atoms with E-state index in [0.29, 0.717) is 17.4 Å². The maximum absolute atomic E-state index is 12.3. The van der Waals surface area contributed by atoms with Crippen molar-refractivity contribution in [2.75, 3.05) is 6.54 Å². The zero-order valence-corrected chi connectivity index (χ0v) is 13.9. The van der Waals surface area contributed by atoms with Crippen LogP contribution in [0.1, 0.15) is 24.8 Å². The quantitative estimate of drug-likeness (QED) is 0.430. The lowest BCUT2D eigenvalue weighted by Crippen LogP contribution is -2.37. The minimum absolute atomic E-state index is 0. The number of halogens is 3. The number of hydrogen-bond donors (Lipinski definition) is 2. The summed E-state index contributed by atoms with van der Waals surface area (Å²) in [6.45, 7) is -1.80. The van der Waals surface area contributed by atoms with Gasteiger partial charge in [0.2, 0.25) is 0 Å². The second kappa shape index (κ2) is 9.01. The van der Waals surface area contributed by atoms with Gasteiger partial charge in [-0.3, -0.25) is 0 Å². The molecule has 1 aromatic carbocycles. The molecule has 0 unspecified atom stereocenters. The Morgan fingerprint density at radius 3 is 2.71 bits per heavy atom. The van der Waals surface area contributed by atoms with Gasteiger partial charge in [-0.25, -0.2) is 4.99 Å². The van der Waals surface area contributed by atoms with E-state index in [2.05, 4.69) is 15.0 Å². The van der Waals surface area contributed by atoms with E-state index >= 15 is 0 Å². The SMILES string of the molecule is I.NC(=NCc1ccccc1OC(F)F)NCC1CCC1. The molecule has 0 heterocycles. The van der Waals surface area contributed by atoms with Crippen molar-refractivity contribution in [3.63, 3.8) is 0 Å². The highest BCUT2D eigenvalue weighted by Gasteiger charge is 2.16. The third kappa shape index (κ3) is 6.03. The highest BCUT2D eigenvalue weighted by atomic mass is 127. The minimum atomic E-state index is -2.84. The number of ether oxygens (including phenoxy) is 1. The van der Waals surface area contributed by atoms with Crippen LogP contribution in [0.25, 0.3) is 0 Å². The average Bonchev–Trinajstić information content (AvgIpc) is 2.35. The van der Waals surface area contributed by atoms with Crippen molar-refractivity contribution in [3.8, 4) is 5.75 Å². The largest absolute Gasteiger partial charge is 0.434 e. The van der Waals surface area contributed by atoms with E-state index in [-0.39, 0.29) is 36.3 Å². The number of para-hydroxylation sites is 1. The molecule has 1 aliphatic carbocycles. The fraction of sp³-hybridized carbons (Fsp3) is 0.500. The first-order chi connectivity index (χ1) is 9.65. The summed E-state index contributed by atoms with van der Waals surface area (Å²) < 4.78 is 29.0. The number of alkyl halides is 2. The third-order valence-corrected chi connectivity index (χ3v) is 3.41. The van der Waals surface area contributed by atoms with Crippen LogP contribution in [0.4, 0.5) is 8.78 Å². The molecular formula is C14H20F2IN3O. The Balaban J connectivity index is 0.00000220. The Morgan fingerprint density at radius 2 is 2.10 bits per heavy atom. The molecule has 0 bridgehead atoms. The van der Waals surface area contributed by atoms with Crippen LogP contribution >= 0.6 is 24.0 Å². The fourth-order valence-corrected chi connectivity index (χ4v) is 2.02. The first-order valence-electron chi connectivity index (χ1n) is 6.71. The fourth-order valence-electron chi connectivity index (χ4n) is 2.02. The van der Waals surface area contributed by atoms with Crippen molar-refractivity contribution in [2.24, 2.45) is 16.6 Å². The Hall–Kier alpha value is -1.12. The summed E-state index contributed by atoms with van der Waals surface area (Å²) in [5.41, 5.74) is 6.33. The Morgan fingerprint density at radius 1 is 1.38 bits per heavy atom. The van der Waals surface area contributed by atoms with E-state index in [1.54, 1.807) is 18.2 Å².